The van der Waals surface area contributed by atoms with Crippen LogP contribution in [0.1, 0.15) is 26.7 Å². The number of carbonyl (C=O) groups is 2. The lowest BCUT2D eigenvalue weighted by Gasteiger charge is -2.24. The standard InChI is InChI=1S/C18H23NO4/c1-12(2)11-23-14-9-7-13(8-10-14)19-17(20)15-5-3-4-6-16(15)18(21)22/h3-4,7-10,12,15-16H,5-6,11H2,1-2H3,(H,19,20)(H,21,22). The molecule has 1 amide bonds. The molecular weight excluding hydrogens is 294 g/mol. The summed E-state index contributed by atoms with van der Waals surface area (Å²) in [6.07, 6.45) is 4.55. The van der Waals surface area contributed by atoms with E-state index in [1.54, 1.807) is 24.3 Å². The Labute approximate surface area is 136 Å². The number of allylic oxidation sites excluding steroid dienone is 2. The van der Waals surface area contributed by atoms with Gasteiger partial charge >= 0.3 is 5.97 Å². The van der Waals surface area contributed by atoms with Gasteiger partial charge in [-0.3, -0.25) is 9.59 Å². The van der Waals surface area contributed by atoms with Crippen molar-refractivity contribution in [2.45, 2.75) is 26.7 Å². The predicted molar refractivity (Wildman–Crippen MR) is 88.4 cm³/mol. The second kappa shape index (κ2) is 7.81. The Kier molecular flexibility index (Phi) is 5.79. The van der Waals surface area contributed by atoms with Crippen molar-refractivity contribution < 1.29 is 19.4 Å². The van der Waals surface area contributed by atoms with Crippen LogP contribution in [0.15, 0.2) is 36.4 Å². The first kappa shape index (κ1) is 17.1. The summed E-state index contributed by atoms with van der Waals surface area (Å²) >= 11 is 0. The molecule has 0 bridgehead atoms. The summed E-state index contributed by atoms with van der Waals surface area (Å²) < 4.78 is 5.59. The Morgan fingerprint density at radius 3 is 2.35 bits per heavy atom. The number of ether oxygens (including phenoxy) is 1. The van der Waals surface area contributed by atoms with Gasteiger partial charge in [-0.25, -0.2) is 0 Å². The van der Waals surface area contributed by atoms with E-state index < -0.39 is 17.8 Å². The zero-order chi connectivity index (χ0) is 16.8. The van der Waals surface area contributed by atoms with E-state index in [0.717, 1.165) is 5.75 Å². The number of carboxylic acids is 1. The van der Waals surface area contributed by atoms with Gasteiger partial charge in [-0.15, -0.1) is 0 Å². The summed E-state index contributed by atoms with van der Waals surface area (Å²) in [7, 11) is 0. The van der Waals surface area contributed by atoms with Gasteiger partial charge < -0.3 is 15.2 Å². The van der Waals surface area contributed by atoms with E-state index in [1.165, 1.54) is 0 Å². The molecule has 0 spiro atoms. The van der Waals surface area contributed by atoms with Gasteiger partial charge in [-0.1, -0.05) is 26.0 Å². The Bertz CT molecular complexity index is 577. The van der Waals surface area contributed by atoms with Crippen molar-refractivity contribution in [3.63, 3.8) is 0 Å². The number of hydrogen-bond donors (Lipinski definition) is 2. The fourth-order valence-electron chi connectivity index (χ4n) is 2.51. The Morgan fingerprint density at radius 2 is 1.78 bits per heavy atom. The highest BCUT2D eigenvalue weighted by Crippen LogP contribution is 2.27. The molecule has 1 aliphatic carbocycles. The van der Waals surface area contributed by atoms with Gasteiger partial charge in [0.25, 0.3) is 0 Å². The van der Waals surface area contributed by atoms with Crippen molar-refractivity contribution in [1.82, 2.24) is 0 Å². The Balaban J connectivity index is 1.96. The predicted octanol–water partition coefficient (Wildman–Crippen LogP) is 3.33. The van der Waals surface area contributed by atoms with Crippen LogP contribution in [0.4, 0.5) is 5.69 Å². The lowest BCUT2D eigenvalue weighted by atomic mass is 9.82. The molecule has 5 nitrogen and oxygen atoms in total. The third-order valence-electron chi connectivity index (χ3n) is 3.79. The molecule has 0 heterocycles. The zero-order valence-corrected chi connectivity index (χ0v) is 13.5. The molecule has 23 heavy (non-hydrogen) atoms. The van der Waals surface area contributed by atoms with Crippen molar-refractivity contribution in [2.24, 2.45) is 17.8 Å². The lowest BCUT2D eigenvalue weighted by Crippen LogP contribution is -2.34. The average Bonchev–Trinajstić information content (AvgIpc) is 2.54. The van der Waals surface area contributed by atoms with Crippen molar-refractivity contribution in [1.29, 1.82) is 0 Å². The van der Waals surface area contributed by atoms with E-state index in [-0.39, 0.29) is 5.91 Å². The number of carbonyl (C=O) groups excluding carboxylic acids is 1. The first-order valence-electron chi connectivity index (χ1n) is 7.89. The van der Waals surface area contributed by atoms with Gasteiger partial charge in [0.05, 0.1) is 18.4 Å². The summed E-state index contributed by atoms with van der Waals surface area (Å²) in [5.74, 6) is -1.17. The molecule has 0 saturated carbocycles. The summed E-state index contributed by atoms with van der Waals surface area (Å²) in [6.45, 7) is 4.79. The molecule has 0 aliphatic heterocycles. The second-order valence-corrected chi connectivity index (χ2v) is 6.21. The molecule has 2 unspecified atom stereocenters. The van der Waals surface area contributed by atoms with E-state index in [2.05, 4.69) is 19.2 Å². The van der Waals surface area contributed by atoms with E-state index >= 15 is 0 Å². The van der Waals surface area contributed by atoms with Crippen molar-refractivity contribution in [3.8, 4) is 5.75 Å². The SMILES string of the molecule is CC(C)COc1ccc(NC(=O)C2CC=CCC2C(=O)O)cc1. The van der Waals surface area contributed by atoms with Crippen molar-refractivity contribution >= 4 is 17.6 Å². The normalized spacial score (nSPS) is 20.3. The molecule has 2 rings (SSSR count). The van der Waals surface area contributed by atoms with Crippen LogP contribution in [0.5, 0.6) is 5.75 Å². The molecule has 0 aromatic heterocycles. The number of anilines is 1. The summed E-state index contributed by atoms with van der Waals surface area (Å²) in [5, 5.41) is 12.0. The smallest absolute Gasteiger partial charge is 0.307 e. The summed E-state index contributed by atoms with van der Waals surface area (Å²) in [5.41, 5.74) is 0.644. The third-order valence-corrected chi connectivity index (χ3v) is 3.79. The molecule has 1 aromatic carbocycles. The van der Waals surface area contributed by atoms with Gasteiger partial charge in [0.15, 0.2) is 0 Å². The first-order chi connectivity index (χ1) is 11.0. The van der Waals surface area contributed by atoms with Crippen LogP contribution in [0.3, 0.4) is 0 Å². The van der Waals surface area contributed by atoms with Crippen LogP contribution in [0.2, 0.25) is 0 Å². The number of aliphatic carboxylic acids is 1. The van der Waals surface area contributed by atoms with Gasteiger partial charge in [0.2, 0.25) is 5.91 Å². The van der Waals surface area contributed by atoms with Gasteiger partial charge in [0, 0.05) is 5.69 Å². The largest absolute Gasteiger partial charge is 0.493 e. The second-order valence-electron chi connectivity index (χ2n) is 6.21. The Hall–Kier alpha value is -2.30. The minimum atomic E-state index is -0.924. The van der Waals surface area contributed by atoms with Crippen LogP contribution < -0.4 is 10.1 Å². The minimum absolute atomic E-state index is 0.252. The number of amides is 1. The molecule has 0 radical (unpaired) electrons. The lowest BCUT2D eigenvalue weighted by molar-refractivity contribution is -0.146. The summed E-state index contributed by atoms with van der Waals surface area (Å²) in [4.78, 5) is 23.6. The Morgan fingerprint density at radius 1 is 1.17 bits per heavy atom. The minimum Gasteiger partial charge on any atom is -0.493 e. The fourth-order valence-corrected chi connectivity index (χ4v) is 2.51. The molecule has 0 fully saturated rings. The highest BCUT2D eigenvalue weighted by atomic mass is 16.5. The molecular formula is C18H23NO4. The van der Waals surface area contributed by atoms with Crippen molar-refractivity contribution in [2.75, 3.05) is 11.9 Å². The first-order valence-corrected chi connectivity index (χ1v) is 7.89. The van der Waals surface area contributed by atoms with Crippen LogP contribution in [0, 0.1) is 17.8 Å². The van der Waals surface area contributed by atoms with E-state index in [0.29, 0.717) is 31.1 Å². The van der Waals surface area contributed by atoms with E-state index in [1.807, 2.05) is 12.2 Å². The molecule has 2 atom stereocenters. The van der Waals surface area contributed by atoms with Gasteiger partial charge in [0.1, 0.15) is 5.75 Å². The number of benzene rings is 1. The van der Waals surface area contributed by atoms with Crippen LogP contribution in [0.25, 0.3) is 0 Å². The number of rotatable bonds is 6. The fraction of sp³-hybridized carbons (Fsp3) is 0.444. The maximum atomic E-state index is 12.3. The molecule has 1 aliphatic rings. The highest BCUT2D eigenvalue weighted by Gasteiger charge is 2.33. The number of hydrogen-bond acceptors (Lipinski definition) is 3. The number of nitrogens with one attached hydrogen (secondary N) is 1. The average molecular weight is 317 g/mol. The van der Waals surface area contributed by atoms with E-state index in [4.69, 9.17) is 4.74 Å². The summed E-state index contributed by atoms with van der Waals surface area (Å²) in [6, 6.07) is 7.13. The highest BCUT2D eigenvalue weighted by molar-refractivity contribution is 5.95. The third kappa shape index (κ3) is 4.84. The van der Waals surface area contributed by atoms with Gasteiger partial charge in [-0.2, -0.15) is 0 Å². The monoisotopic (exact) mass is 317 g/mol. The zero-order valence-electron chi connectivity index (χ0n) is 13.5. The quantitative estimate of drug-likeness (QED) is 0.789. The van der Waals surface area contributed by atoms with Crippen LogP contribution >= 0.6 is 0 Å². The maximum absolute atomic E-state index is 12.3. The maximum Gasteiger partial charge on any atom is 0.307 e. The van der Waals surface area contributed by atoms with Crippen LogP contribution in [-0.2, 0) is 9.59 Å². The van der Waals surface area contributed by atoms with Crippen LogP contribution in [-0.4, -0.2) is 23.6 Å². The topological polar surface area (TPSA) is 75.6 Å². The molecule has 124 valence electrons. The molecule has 5 heteroatoms. The van der Waals surface area contributed by atoms with Gasteiger partial charge in [-0.05, 0) is 43.0 Å². The number of carboxylic acid groups (broad SMARTS) is 1. The van der Waals surface area contributed by atoms with E-state index in [9.17, 15) is 14.7 Å². The van der Waals surface area contributed by atoms with Crippen molar-refractivity contribution in [3.05, 3.63) is 36.4 Å². The molecule has 1 aromatic rings. The molecule has 0 saturated heterocycles. The molecule has 2 N–H and O–H groups in total.